The molecule has 1 fully saturated rings. The highest BCUT2D eigenvalue weighted by molar-refractivity contribution is 14.0. The van der Waals surface area contributed by atoms with Crippen molar-refractivity contribution in [3.63, 3.8) is 0 Å². The lowest BCUT2D eigenvalue weighted by Crippen LogP contribution is -2.46. The van der Waals surface area contributed by atoms with E-state index in [2.05, 4.69) is 53.3 Å². The second-order valence-electron chi connectivity index (χ2n) is 8.18. The van der Waals surface area contributed by atoms with Crippen LogP contribution in [0.5, 0.6) is 11.5 Å². The summed E-state index contributed by atoms with van der Waals surface area (Å²) in [4.78, 5) is 9.92. The molecule has 1 aliphatic heterocycles. The van der Waals surface area contributed by atoms with Crippen LogP contribution in [0.4, 0.5) is 0 Å². The summed E-state index contributed by atoms with van der Waals surface area (Å²) in [5.41, 5.74) is 1.15. The lowest BCUT2D eigenvalue weighted by atomic mass is 10.1. The van der Waals surface area contributed by atoms with E-state index >= 15 is 0 Å². The second-order valence-corrected chi connectivity index (χ2v) is 8.18. The number of piperazine rings is 1. The van der Waals surface area contributed by atoms with Crippen LogP contribution in [-0.2, 0) is 0 Å². The van der Waals surface area contributed by atoms with Crippen LogP contribution in [0.3, 0.4) is 0 Å². The fraction of sp³-hybridized carbons (Fsp3) is 0.720. The first-order valence-electron chi connectivity index (χ1n) is 12.5. The lowest BCUT2D eigenvalue weighted by molar-refractivity contribution is 0.136. The Hall–Kier alpha value is -1.26. The molecule has 0 radical (unpaired) electrons. The molecule has 0 bridgehead atoms. The summed E-state index contributed by atoms with van der Waals surface area (Å²) in [5.74, 6) is 2.45. The maximum Gasteiger partial charge on any atom is 0.191 e. The molecular weight excluding hydrogens is 529 g/mol. The summed E-state index contributed by atoms with van der Waals surface area (Å²) in [7, 11) is 0. The van der Waals surface area contributed by atoms with E-state index < -0.39 is 0 Å². The number of hydrogen-bond acceptors (Lipinski definition) is 5. The van der Waals surface area contributed by atoms with Crippen LogP contribution in [0.15, 0.2) is 23.2 Å². The third-order valence-electron chi connectivity index (χ3n) is 5.83. The van der Waals surface area contributed by atoms with Gasteiger partial charge in [0.1, 0.15) is 0 Å². The smallest absolute Gasteiger partial charge is 0.191 e. The number of likely N-dealkylation sites (N-methyl/N-ethyl adjacent to an activating group) is 1. The molecule has 0 aromatic heterocycles. The van der Waals surface area contributed by atoms with Gasteiger partial charge in [-0.1, -0.05) is 13.0 Å². The van der Waals surface area contributed by atoms with E-state index in [1.807, 2.05) is 19.9 Å². The first-order valence-corrected chi connectivity index (χ1v) is 12.5. The van der Waals surface area contributed by atoms with Crippen LogP contribution in [0.1, 0.15) is 59.1 Å². The molecule has 1 atom stereocenters. The maximum atomic E-state index is 5.78. The standard InChI is InChI=1S/C25H45N5O2.HI/c1-6-26-25(27-14-10-11-15-30-18-16-29(7-2)17-19-30)28-21(5)22-12-13-23(31-8-3)24(20-22)32-9-4;/h12-13,20-21H,6-11,14-19H2,1-5H3,(H2,26,27,28);1H. The number of hydrogen-bond donors (Lipinski definition) is 2. The van der Waals surface area contributed by atoms with E-state index in [4.69, 9.17) is 14.5 Å². The van der Waals surface area contributed by atoms with Gasteiger partial charge in [0, 0.05) is 39.3 Å². The molecule has 33 heavy (non-hydrogen) atoms. The molecule has 2 N–H and O–H groups in total. The summed E-state index contributed by atoms with van der Waals surface area (Å²) in [6.07, 6.45) is 2.30. The van der Waals surface area contributed by atoms with Crippen LogP contribution in [0.25, 0.3) is 0 Å². The molecule has 8 heteroatoms. The Labute approximate surface area is 218 Å². The summed E-state index contributed by atoms with van der Waals surface area (Å²) in [6, 6.07) is 6.26. The number of rotatable bonds is 13. The average molecular weight is 576 g/mol. The van der Waals surface area contributed by atoms with Crippen molar-refractivity contribution in [2.45, 2.75) is 53.5 Å². The van der Waals surface area contributed by atoms with E-state index in [9.17, 15) is 0 Å². The predicted octanol–water partition coefficient (Wildman–Crippen LogP) is 4.14. The molecule has 0 saturated carbocycles. The number of ether oxygens (including phenoxy) is 2. The van der Waals surface area contributed by atoms with Crippen molar-refractivity contribution in [3.05, 3.63) is 23.8 Å². The van der Waals surface area contributed by atoms with E-state index in [1.165, 1.54) is 45.7 Å². The van der Waals surface area contributed by atoms with Gasteiger partial charge in [0.25, 0.3) is 0 Å². The van der Waals surface area contributed by atoms with E-state index in [-0.39, 0.29) is 30.0 Å². The van der Waals surface area contributed by atoms with Gasteiger partial charge < -0.3 is 29.9 Å². The van der Waals surface area contributed by atoms with Gasteiger partial charge in [0.05, 0.1) is 19.3 Å². The zero-order chi connectivity index (χ0) is 23.2. The van der Waals surface area contributed by atoms with Gasteiger partial charge in [0.15, 0.2) is 17.5 Å². The summed E-state index contributed by atoms with van der Waals surface area (Å²) < 4.78 is 11.5. The fourth-order valence-corrected chi connectivity index (χ4v) is 3.91. The minimum atomic E-state index is 0. The van der Waals surface area contributed by atoms with Crippen LogP contribution < -0.4 is 20.1 Å². The number of nitrogens with zero attached hydrogens (tertiary/aromatic N) is 3. The molecule has 1 aliphatic rings. The first-order chi connectivity index (χ1) is 15.6. The molecule has 0 aliphatic carbocycles. The highest BCUT2D eigenvalue weighted by Gasteiger charge is 2.15. The second kappa shape index (κ2) is 17.2. The summed E-state index contributed by atoms with van der Waals surface area (Å²) >= 11 is 0. The normalized spacial score (nSPS) is 16.1. The third kappa shape index (κ3) is 10.7. The molecule has 7 nitrogen and oxygen atoms in total. The van der Waals surface area contributed by atoms with Crippen molar-refractivity contribution in [2.75, 3.05) is 65.6 Å². The van der Waals surface area contributed by atoms with E-state index in [0.29, 0.717) is 13.2 Å². The van der Waals surface area contributed by atoms with Crippen LogP contribution in [-0.4, -0.2) is 81.3 Å². The minimum Gasteiger partial charge on any atom is -0.490 e. The van der Waals surface area contributed by atoms with Crippen LogP contribution in [0.2, 0.25) is 0 Å². The van der Waals surface area contributed by atoms with Crippen molar-refractivity contribution >= 4 is 29.9 Å². The SMILES string of the molecule is CCNC(=NCCCCN1CCN(CC)CC1)NC(C)c1ccc(OCC)c(OCC)c1.I. The Morgan fingerprint density at radius 1 is 0.970 bits per heavy atom. The Bertz CT molecular complexity index is 681. The van der Waals surface area contributed by atoms with E-state index in [0.717, 1.165) is 42.5 Å². The number of halogens is 1. The highest BCUT2D eigenvalue weighted by Crippen LogP contribution is 2.30. The Kier molecular flexibility index (Phi) is 15.5. The fourth-order valence-electron chi connectivity index (χ4n) is 3.91. The monoisotopic (exact) mass is 575 g/mol. The molecule has 2 rings (SSSR count). The molecule has 1 aromatic rings. The molecule has 0 amide bonds. The van der Waals surface area contributed by atoms with Crippen molar-refractivity contribution in [1.29, 1.82) is 0 Å². The van der Waals surface area contributed by atoms with E-state index in [1.54, 1.807) is 0 Å². The van der Waals surface area contributed by atoms with Gasteiger partial charge in [-0.15, -0.1) is 24.0 Å². The first kappa shape index (κ1) is 29.8. The average Bonchev–Trinajstić information content (AvgIpc) is 2.80. The summed E-state index contributed by atoms with van der Waals surface area (Å²) in [5, 5.41) is 6.91. The third-order valence-corrected chi connectivity index (χ3v) is 5.83. The van der Waals surface area contributed by atoms with Gasteiger partial charge in [-0.2, -0.15) is 0 Å². The zero-order valence-electron chi connectivity index (χ0n) is 21.4. The van der Waals surface area contributed by atoms with Crippen molar-refractivity contribution in [1.82, 2.24) is 20.4 Å². The van der Waals surface area contributed by atoms with Crippen LogP contribution in [0, 0.1) is 0 Å². The molecule has 1 saturated heterocycles. The summed E-state index contributed by atoms with van der Waals surface area (Å²) in [6.45, 7) is 20.6. The van der Waals surface area contributed by atoms with Gasteiger partial charge in [0.2, 0.25) is 0 Å². The lowest BCUT2D eigenvalue weighted by Gasteiger charge is -2.33. The Morgan fingerprint density at radius 3 is 2.27 bits per heavy atom. The topological polar surface area (TPSA) is 61.4 Å². The molecule has 1 heterocycles. The van der Waals surface area contributed by atoms with Crippen LogP contribution >= 0.6 is 24.0 Å². The van der Waals surface area contributed by atoms with Crippen molar-refractivity contribution in [3.8, 4) is 11.5 Å². The van der Waals surface area contributed by atoms with Crippen molar-refractivity contribution in [2.24, 2.45) is 4.99 Å². The molecule has 190 valence electrons. The molecular formula is C25H46IN5O2. The number of benzene rings is 1. The molecule has 1 aromatic carbocycles. The Morgan fingerprint density at radius 2 is 1.64 bits per heavy atom. The zero-order valence-corrected chi connectivity index (χ0v) is 23.7. The molecule has 1 unspecified atom stereocenters. The Balaban J connectivity index is 0.00000544. The van der Waals surface area contributed by atoms with Gasteiger partial charge in [-0.3, -0.25) is 4.99 Å². The maximum absolute atomic E-state index is 5.78. The van der Waals surface area contributed by atoms with Gasteiger partial charge >= 0.3 is 0 Å². The number of aliphatic imine (C=N–C) groups is 1. The number of guanidine groups is 1. The largest absolute Gasteiger partial charge is 0.490 e. The van der Waals surface area contributed by atoms with Gasteiger partial charge in [-0.25, -0.2) is 0 Å². The predicted molar refractivity (Wildman–Crippen MR) is 150 cm³/mol. The number of nitrogens with one attached hydrogen (secondary N) is 2. The van der Waals surface area contributed by atoms with Crippen molar-refractivity contribution < 1.29 is 9.47 Å². The highest BCUT2D eigenvalue weighted by atomic mass is 127. The minimum absolute atomic E-state index is 0. The number of unbranched alkanes of at least 4 members (excludes halogenated alkanes) is 1. The van der Waals surface area contributed by atoms with Gasteiger partial charge in [-0.05, 0) is 71.3 Å². The molecule has 0 spiro atoms. The quantitative estimate of drug-likeness (QED) is 0.160.